The van der Waals surface area contributed by atoms with Gasteiger partial charge >= 0.3 is 23.9 Å². The summed E-state index contributed by atoms with van der Waals surface area (Å²) in [4.78, 5) is 92.7. The van der Waals surface area contributed by atoms with Crippen molar-refractivity contribution in [2.75, 3.05) is 20.3 Å². The van der Waals surface area contributed by atoms with Gasteiger partial charge in [0.25, 0.3) is 17.7 Å². The Kier molecular flexibility index (Phi) is 15.1. The number of ether oxygens (including phenoxy) is 3. The number of esters is 2. The van der Waals surface area contributed by atoms with Gasteiger partial charge in [-0.05, 0) is 40.5 Å². The molecule has 42 heavy (non-hydrogen) atoms. The molecule has 0 unspecified atom stereocenters. The maximum absolute atomic E-state index is 12.2. The lowest BCUT2D eigenvalue weighted by molar-refractivity contribution is -0.205. The number of imide groups is 1. The molecule has 1 fully saturated rings. The molecule has 0 aromatic heterocycles. The molecule has 1 aliphatic rings. The highest BCUT2D eigenvalue weighted by Gasteiger charge is 2.31. The fraction of sp³-hybridized carbons (Fsp3) is 0.750. The van der Waals surface area contributed by atoms with Crippen LogP contribution in [-0.2, 0) is 57.4 Å². The Morgan fingerprint density at radius 1 is 0.762 bits per heavy atom. The van der Waals surface area contributed by atoms with E-state index < -0.39 is 46.9 Å². The third kappa shape index (κ3) is 14.9. The minimum atomic E-state index is -0.911. The van der Waals surface area contributed by atoms with Crippen LogP contribution >= 0.6 is 0 Å². The largest absolute Gasteiger partial charge is 0.466 e. The third-order valence-electron chi connectivity index (χ3n) is 6.10. The number of amides is 3. The predicted molar refractivity (Wildman–Crippen MR) is 144 cm³/mol. The summed E-state index contributed by atoms with van der Waals surface area (Å²) in [6.45, 7) is 9.10. The molecule has 0 radical (unpaired) electrons. The highest BCUT2D eigenvalue weighted by Crippen LogP contribution is 2.21. The SMILES string of the molecule is CCCC(=O)N(C)OC(=O)CCC(=O)OCCC(C)(C)OCCC(C)(C)OC(=O)CCC(=O)ON1C(=O)CCCC1=O. The Labute approximate surface area is 246 Å². The van der Waals surface area contributed by atoms with Crippen molar-refractivity contribution >= 4 is 41.6 Å². The number of hydrogen-bond acceptors (Lipinski definition) is 12. The predicted octanol–water partition coefficient (Wildman–Crippen LogP) is 2.70. The van der Waals surface area contributed by atoms with E-state index in [1.165, 1.54) is 7.05 Å². The van der Waals surface area contributed by atoms with E-state index in [2.05, 4.69) is 0 Å². The number of hydroxylamine groups is 4. The molecule has 1 aliphatic heterocycles. The number of rotatable bonds is 17. The summed E-state index contributed by atoms with van der Waals surface area (Å²) in [6, 6.07) is 0. The van der Waals surface area contributed by atoms with Crippen molar-refractivity contribution in [3.63, 3.8) is 0 Å². The molecule has 0 spiro atoms. The number of carbonyl (C=O) groups excluding carboxylic acids is 7. The van der Waals surface area contributed by atoms with E-state index in [9.17, 15) is 33.6 Å². The molecule has 14 nitrogen and oxygen atoms in total. The first-order chi connectivity index (χ1) is 19.5. The summed E-state index contributed by atoms with van der Waals surface area (Å²) in [5.74, 6) is -4.35. The molecule has 0 aromatic rings. The van der Waals surface area contributed by atoms with E-state index in [1.807, 2.05) is 20.8 Å². The van der Waals surface area contributed by atoms with Gasteiger partial charge in [-0.15, -0.1) is 5.06 Å². The summed E-state index contributed by atoms with van der Waals surface area (Å²) in [7, 11) is 1.34. The summed E-state index contributed by atoms with van der Waals surface area (Å²) in [5, 5.41) is 1.32. The van der Waals surface area contributed by atoms with E-state index in [0.717, 1.165) is 5.06 Å². The summed E-state index contributed by atoms with van der Waals surface area (Å²) >= 11 is 0. The zero-order valence-corrected chi connectivity index (χ0v) is 25.5. The lowest BCUT2D eigenvalue weighted by Crippen LogP contribution is -2.41. The average Bonchev–Trinajstić information content (AvgIpc) is 2.88. The van der Waals surface area contributed by atoms with Gasteiger partial charge in [0, 0.05) is 39.2 Å². The lowest BCUT2D eigenvalue weighted by atomic mass is 10.0. The standard InChI is InChI=1S/C28H44N2O12/c1-7-9-20(31)29(6)41-25(36)14-12-23(34)38-18-16-27(2,3)39-19-17-28(4,5)40-24(35)13-15-26(37)42-30-21(32)10-8-11-22(30)33/h7-19H2,1-6H3. The van der Waals surface area contributed by atoms with Crippen LogP contribution in [0.2, 0.25) is 0 Å². The molecule has 14 heteroatoms. The number of hydrogen-bond donors (Lipinski definition) is 0. The lowest BCUT2D eigenvalue weighted by Gasteiger charge is -2.29. The Hall–Kier alpha value is -3.55. The minimum absolute atomic E-state index is 0.0544. The Bertz CT molecular complexity index is 975. The zero-order valence-electron chi connectivity index (χ0n) is 25.5. The molecule has 0 N–H and O–H groups in total. The smallest absolute Gasteiger partial charge is 0.333 e. The fourth-order valence-electron chi connectivity index (χ4n) is 3.55. The normalized spacial score (nSPS) is 13.8. The third-order valence-corrected chi connectivity index (χ3v) is 6.10. The zero-order chi connectivity index (χ0) is 31.9. The monoisotopic (exact) mass is 600 g/mol. The van der Waals surface area contributed by atoms with Gasteiger partial charge in [0.05, 0.1) is 44.5 Å². The van der Waals surface area contributed by atoms with Gasteiger partial charge in [-0.1, -0.05) is 6.92 Å². The van der Waals surface area contributed by atoms with Crippen LogP contribution in [0.15, 0.2) is 0 Å². The maximum atomic E-state index is 12.2. The quantitative estimate of drug-likeness (QED) is 0.136. The van der Waals surface area contributed by atoms with E-state index in [1.54, 1.807) is 13.8 Å². The van der Waals surface area contributed by atoms with Crippen LogP contribution in [0.1, 0.15) is 105 Å². The Balaban J connectivity index is 2.27. The van der Waals surface area contributed by atoms with E-state index in [0.29, 0.717) is 30.7 Å². The highest BCUT2D eigenvalue weighted by molar-refractivity contribution is 5.97. The maximum Gasteiger partial charge on any atom is 0.333 e. The molecule has 0 aromatic carbocycles. The van der Waals surface area contributed by atoms with E-state index in [4.69, 9.17) is 23.9 Å². The van der Waals surface area contributed by atoms with Crippen LogP contribution < -0.4 is 0 Å². The summed E-state index contributed by atoms with van der Waals surface area (Å²) in [6.07, 6.45) is 1.13. The van der Waals surface area contributed by atoms with Gasteiger partial charge in [0.15, 0.2) is 0 Å². The average molecular weight is 601 g/mol. The van der Waals surface area contributed by atoms with Gasteiger partial charge in [0.2, 0.25) is 0 Å². The number of nitrogens with zero attached hydrogens (tertiary/aromatic N) is 2. The Morgan fingerprint density at radius 3 is 1.93 bits per heavy atom. The van der Waals surface area contributed by atoms with Gasteiger partial charge in [-0.3, -0.25) is 24.0 Å². The second kappa shape index (κ2) is 17.4. The van der Waals surface area contributed by atoms with Crippen molar-refractivity contribution in [3.05, 3.63) is 0 Å². The van der Waals surface area contributed by atoms with Crippen molar-refractivity contribution in [1.29, 1.82) is 0 Å². The molecule has 238 valence electrons. The Morgan fingerprint density at radius 2 is 1.31 bits per heavy atom. The number of piperidine rings is 1. The summed E-state index contributed by atoms with van der Waals surface area (Å²) in [5.41, 5.74) is -1.58. The second-order valence-corrected chi connectivity index (χ2v) is 11.1. The van der Waals surface area contributed by atoms with Crippen LogP contribution in [0.4, 0.5) is 0 Å². The molecule has 1 saturated heterocycles. The van der Waals surface area contributed by atoms with Crippen molar-refractivity contribution in [2.45, 2.75) is 116 Å². The minimum Gasteiger partial charge on any atom is -0.466 e. The molecule has 0 saturated carbocycles. The van der Waals surface area contributed by atoms with Crippen LogP contribution in [0.3, 0.4) is 0 Å². The molecule has 3 amide bonds. The van der Waals surface area contributed by atoms with Crippen LogP contribution in [0.25, 0.3) is 0 Å². The fourth-order valence-corrected chi connectivity index (χ4v) is 3.55. The van der Waals surface area contributed by atoms with Crippen molar-refractivity contribution < 1.29 is 57.4 Å². The second-order valence-electron chi connectivity index (χ2n) is 11.1. The first-order valence-electron chi connectivity index (χ1n) is 14.1. The van der Waals surface area contributed by atoms with Crippen LogP contribution in [-0.4, -0.2) is 83.2 Å². The van der Waals surface area contributed by atoms with E-state index in [-0.39, 0.29) is 64.1 Å². The van der Waals surface area contributed by atoms with Gasteiger partial charge in [-0.25, -0.2) is 9.59 Å². The molecular weight excluding hydrogens is 556 g/mol. The van der Waals surface area contributed by atoms with E-state index >= 15 is 0 Å². The van der Waals surface area contributed by atoms with Crippen molar-refractivity contribution in [2.24, 2.45) is 0 Å². The van der Waals surface area contributed by atoms with Gasteiger partial charge in [0.1, 0.15) is 5.60 Å². The van der Waals surface area contributed by atoms with Crippen molar-refractivity contribution in [1.82, 2.24) is 10.1 Å². The molecule has 0 atom stereocenters. The molecular formula is C28H44N2O12. The van der Waals surface area contributed by atoms with Gasteiger partial charge in [-0.2, -0.15) is 5.06 Å². The molecule has 0 aliphatic carbocycles. The topological polar surface area (TPSA) is 172 Å². The van der Waals surface area contributed by atoms with Crippen molar-refractivity contribution in [3.8, 4) is 0 Å². The van der Waals surface area contributed by atoms with Gasteiger partial charge < -0.3 is 23.9 Å². The molecule has 1 rings (SSSR count). The first kappa shape index (κ1) is 36.5. The molecule has 0 bridgehead atoms. The number of carbonyl (C=O) groups is 7. The summed E-state index contributed by atoms with van der Waals surface area (Å²) < 4.78 is 16.5. The molecule has 1 heterocycles. The van der Waals surface area contributed by atoms with Crippen LogP contribution in [0, 0.1) is 0 Å². The van der Waals surface area contributed by atoms with Crippen LogP contribution in [0.5, 0.6) is 0 Å². The highest BCUT2D eigenvalue weighted by atomic mass is 16.7. The first-order valence-corrected chi connectivity index (χ1v) is 14.1.